The van der Waals surface area contributed by atoms with Gasteiger partial charge in [-0.15, -0.1) is 0 Å². The van der Waals surface area contributed by atoms with Gasteiger partial charge in [0.2, 0.25) is 11.8 Å². The Kier molecular flexibility index (Phi) is 6.19. The summed E-state index contributed by atoms with van der Waals surface area (Å²) in [5.41, 5.74) is 5.41. The Morgan fingerprint density at radius 1 is 1.07 bits per heavy atom. The predicted octanol–water partition coefficient (Wildman–Crippen LogP) is 6.39. The van der Waals surface area contributed by atoms with Crippen molar-refractivity contribution in [3.63, 3.8) is 0 Å². The third kappa shape index (κ3) is 4.81. The van der Waals surface area contributed by atoms with E-state index in [9.17, 15) is 9.90 Å². The quantitative estimate of drug-likeness (QED) is 0.210. The lowest BCUT2D eigenvalue weighted by molar-refractivity contribution is -0.119. The van der Waals surface area contributed by atoms with E-state index >= 15 is 0 Å². The number of aromatic nitrogens is 2. The maximum absolute atomic E-state index is 13.5. The first-order chi connectivity index (χ1) is 21.0. The van der Waals surface area contributed by atoms with Crippen molar-refractivity contribution in [3.05, 3.63) is 96.4 Å². The fourth-order valence-corrected chi connectivity index (χ4v) is 6.95. The van der Waals surface area contributed by atoms with Crippen molar-refractivity contribution in [1.82, 2.24) is 14.9 Å². The minimum Gasteiger partial charge on any atom is -0.494 e. The molecule has 2 saturated carbocycles. The number of aromatic hydroxyl groups is 1. The number of piperidine rings is 1. The molecule has 3 fully saturated rings. The van der Waals surface area contributed by atoms with Gasteiger partial charge in [0, 0.05) is 53.3 Å². The number of carbonyl (C=O) groups is 1. The highest BCUT2D eigenvalue weighted by atomic mass is 16.3. The molecular weight excluding hydrogens is 538 g/mol. The number of hydrogen-bond acceptors (Lipinski definition) is 6. The zero-order chi connectivity index (χ0) is 29.1. The van der Waals surface area contributed by atoms with Crippen molar-refractivity contribution in [3.8, 4) is 17.3 Å². The van der Waals surface area contributed by atoms with E-state index in [0.717, 1.165) is 59.3 Å². The van der Waals surface area contributed by atoms with Crippen LogP contribution in [0.2, 0.25) is 0 Å². The Hall–Kier alpha value is -4.69. The van der Waals surface area contributed by atoms with Gasteiger partial charge in [-0.3, -0.25) is 4.79 Å². The summed E-state index contributed by atoms with van der Waals surface area (Å²) in [7, 11) is 2.17. The van der Waals surface area contributed by atoms with E-state index in [1.54, 1.807) is 12.5 Å². The number of nitrogens with one attached hydrogen (secondary N) is 1. The molecule has 3 heterocycles. The molecule has 2 atom stereocenters. The minimum atomic E-state index is 0.0420. The van der Waals surface area contributed by atoms with Crippen LogP contribution in [0.15, 0.2) is 94.7 Å². The minimum absolute atomic E-state index is 0.0420. The molecule has 2 N–H and O–H groups in total. The van der Waals surface area contributed by atoms with Crippen LogP contribution in [0.3, 0.4) is 0 Å². The first-order valence-corrected chi connectivity index (χ1v) is 15.0. The lowest BCUT2D eigenvalue weighted by atomic mass is 10.00. The molecule has 3 aromatic carbocycles. The van der Waals surface area contributed by atoms with E-state index in [1.165, 1.54) is 0 Å². The van der Waals surface area contributed by atoms with Gasteiger partial charge in [0.15, 0.2) is 5.88 Å². The standard InChI is InChI=1S/C35H33N5O3/c1-39-19-28-27(29(28)20-39)18-31(41)40(25-12-13-25)24-10-8-23(9-11-24)37-33(21-5-3-2-4-6-21)32-26-14-7-22(35-36-15-16-43-35)17-30(26)38-34(32)42/h2-11,14-17,25,27-29,38,42H,12-13,18-20H2,1H3. The molecule has 0 bridgehead atoms. The zero-order valence-electron chi connectivity index (χ0n) is 24.0. The van der Waals surface area contributed by atoms with Crippen molar-refractivity contribution < 1.29 is 14.3 Å². The van der Waals surface area contributed by atoms with Crippen LogP contribution < -0.4 is 4.90 Å². The van der Waals surface area contributed by atoms with Gasteiger partial charge in [0.1, 0.15) is 6.26 Å². The SMILES string of the molecule is CN1CC2C(CC(=O)N(c3ccc(N=C(c4ccccc4)c4c(O)[nH]c5cc(-c6ncco6)ccc45)cc3)C3CC3)C2C1. The normalized spacial score (nSPS) is 21.7. The number of nitrogens with zero attached hydrogens (tertiary/aromatic N) is 4. The monoisotopic (exact) mass is 571 g/mol. The van der Waals surface area contributed by atoms with Gasteiger partial charge in [-0.1, -0.05) is 36.4 Å². The molecule has 216 valence electrons. The largest absolute Gasteiger partial charge is 0.494 e. The Bertz CT molecular complexity index is 1810. The van der Waals surface area contributed by atoms with Gasteiger partial charge < -0.3 is 24.3 Å². The molecule has 8 rings (SSSR count). The second kappa shape index (κ2) is 10.2. The van der Waals surface area contributed by atoms with Gasteiger partial charge in [-0.05, 0) is 74.0 Å². The van der Waals surface area contributed by atoms with Crippen LogP contribution in [-0.4, -0.2) is 57.8 Å². The maximum Gasteiger partial charge on any atom is 0.227 e. The molecule has 1 aliphatic heterocycles. The number of aliphatic imine (C=N–C) groups is 1. The second-order valence-corrected chi connectivity index (χ2v) is 12.2. The molecule has 1 amide bonds. The Labute approximate surface area is 249 Å². The molecule has 5 aromatic rings. The number of anilines is 1. The molecule has 2 aromatic heterocycles. The molecule has 3 aliphatic rings. The van der Waals surface area contributed by atoms with E-state index < -0.39 is 0 Å². The van der Waals surface area contributed by atoms with Crippen molar-refractivity contribution in [2.45, 2.75) is 25.3 Å². The summed E-state index contributed by atoms with van der Waals surface area (Å²) >= 11 is 0. The molecule has 1 saturated heterocycles. The van der Waals surface area contributed by atoms with Crippen LogP contribution in [0.4, 0.5) is 11.4 Å². The third-order valence-electron chi connectivity index (χ3n) is 9.26. The summed E-state index contributed by atoms with van der Waals surface area (Å²) in [5, 5.41) is 12.0. The van der Waals surface area contributed by atoms with Crippen molar-refractivity contribution in [1.29, 1.82) is 0 Å². The number of H-pyrrole nitrogens is 1. The lowest BCUT2D eigenvalue weighted by Crippen LogP contribution is -2.34. The molecule has 2 unspecified atom stereocenters. The lowest BCUT2D eigenvalue weighted by Gasteiger charge is -2.23. The number of amides is 1. The van der Waals surface area contributed by atoms with Crippen LogP contribution in [0.5, 0.6) is 5.88 Å². The Morgan fingerprint density at radius 3 is 2.53 bits per heavy atom. The van der Waals surface area contributed by atoms with Gasteiger partial charge in [0.05, 0.1) is 23.2 Å². The molecule has 0 radical (unpaired) electrons. The molecule has 8 nitrogen and oxygen atoms in total. The van der Waals surface area contributed by atoms with Crippen molar-refractivity contribution in [2.75, 3.05) is 25.0 Å². The topological polar surface area (TPSA) is 98.0 Å². The smallest absolute Gasteiger partial charge is 0.227 e. The average Bonchev–Trinajstić information content (AvgIpc) is 3.73. The fraction of sp³-hybridized carbons (Fsp3) is 0.286. The summed E-state index contributed by atoms with van der Waals surface area (Å²) in [4.78, 5) is 30.3. The van der Waals surface area contributed by atoms with Crippen LogP contribution in [0.1, 0.15) is 30.4 Å². The van der Waals surface area contributed by atoms with Crippen LogP contribution in [0, 0.1) is 17.8 Å². The highest BCUT2D eigenvalue weighted by Crippen LogP contribution is 2.53. The number of hydrogen-bond donors (Lipinski definition) is 2. The summed E-state index contributed by atoms with van der Waals surface area (Å²) < 4.78 is 5.47. The van der Waals surface area contributed by atoms with E-state index in [4.69, 9.17) is 9.41 Å². The first-order valence-electron chi connectivity index (χ1n) is 15.0. The number of aromatic amines is 1. The van der Waals surface area contributed by atoms with E-state index in [1.807, 2.05) is 77.7 Å². The van der Waals surface area contributed by atoms with Crippen LogP contribution in [-0.2, 0) is 4.79 Å². The van der Waals surface area contributed by atoms with Gasteiger partial charge in [0.25, 0.3) is 0 Å². The highest BCUT2D eigenvalue weighted by Gasteiger charge is 2.55. The second-order valence-electron chi connectivity index (χ2n) is 12.2. The zero-order valence-corrected chi connectivity index (χ0v) is 24.0. The number of rotatable bonds is 8. The molecular formula is C35H33N5O3. The van der Waals surface area contributed by atoms with Crippen molar-refractivity contribution in [2.24, 2.45) is 22.7 Å². The number of carbonyl (C=O) groups excluding carboxylic acids is 1. The van der Waals surface area contributed by atoms with E-state index in [0.29, 0.717) is 47.4 Å². The summed E-state index contributed by atoms with van der Waals surface area (Å²) in [6.07, 6.45) is 5.91. The predicted molar refractivity (Wildman–Crippen MR) is 167 cm³/mol. The van der Waals surface area contributed by atoms with Crippen molar-refractivity contribution >= 4 is 33.9 Å². The molecule has 8 heteroatoms. The van der Waals surface area contributed by atoms with Crippen LogP contribution >= 0.6 is 0 Å². The van der Waals surface area contributed by atoms with E-state index in [-0.39, 0.29) is 11.8 Å². The van der Waals surface area contributed by atoms with Gasteiger partial charge >= 0.3 is 0 Å². The third-order valence-corrected chi connectivity index (χ3v) is 9.26. The van der Waals surface area contributed by atoms with Crippen LogP contribution in [0.25, 0.3) is 22.4 Å². The Balaban J connectivity index is 1.11. The summed E-state index contributed by atoms with van der Waals surface area (Å²) in [6, 6.07) is 23.9. The number of benzene rings is 3. The first kappa shape index (κ1) is 26.0. The Morgan fingerprint density at radius 2 is 1.84 bits per heavy atom. The van der Waals surface area contributed by atoms with E-state index in [2.05, 4.69) is 21.9 Å². The highest BCUT2D eigenvalue weighted by molar-refractivity contribution is 6.22. The number of oxazole rings is 1. The summed E-state index contributed by atoms with van der Waals surface area (Å²) in [5.74, 6) is 2.73. The molecule has 43 heavy (non-hydrogen) atoms. The maximum atomic E-state index is 13.5. The number of fused-ring (bicyclic) bond motifs is 2. The summed E-state index contributed by atoms with van der Waals surface area (Å²) in [6.45, 7) is 2.24. The molecule has 0 spiro atoms. The fourth-order valence-electron chi connectivity index (χ4n) is 6.95. The number of likely N-dealkylation sites (tertiary alicyclic amines) is 1. The van der Waals surface area contributed by atoms with Gasteiger partial charge in [-0.25, -0.2) is 9.98 Å². The van der Waals surface area contributed by atoms with Gasteiger partial charge in [-0.2, -0.15) is 0 Å². The average molecular weight is 572 g/mol. The molecule has 2 aliphatic carbocycles.